The van der Waals surface area contributed by atoms with Gasteiger partial charge in [0, 0.05) is 4.88 Å². The van der Waals surface area contributed by atoms with Gasteiger partial charge < -0.3 is 5.73 Å². The Balaban J connectivity index is 1.82. The molecule has 2 amide bonds. The molecule has 1 aromatic heterocycles. The van der Waals surface area contributed by atoms with Gasteiger partial charge >= 0.3 is 0 Å². The number of thiophene rings is 1. The van der Waals surface area contributed by atoms with Gasteiger partial charge in [-0.15, -0.1) is 11.3 Å². The van der Waals surface area contributed by atoms with Gasteiger partial charge in [0.1, 0.15) is 0 Å². The first-order valence-electron chi connectivity index (χ1n) is 6.43. The molecule has 0 aliphatic carbocycles. The van der Waals surface area contributed by atoms with Gasteiger partial charge in [-0.05, 0) is 24.3 Å². The Morgan fingerprint density at radius 1 is 1.05 bits per heavy atom. The summed E-state index contributed by atoms with van der Waals surface area (Å²) in [6, 6.07) is 10.7. The third-order valence-electron chi connectivity index (χ3n) is 3.17. The van der Waals surface area contributed by atoms with Crippen LogP contribution in [0.25, 0.3) is 0 Å². The van der Waals surface area contributed by atoms with Crippen molar-refractivity contribution in [1.29, 1.82) is 0 Å². The lowest BCUT2D eigenvalue weighted by atomic mass is 10.1. The fourth-order valence-electron chi connectivity index (χ4n) is 2.21. The number of benzene rings is 1. The molecular formula is C16H12N2O2S. The molecule has 4 nitrogen and oxygen atoms in total. The molecule has 0 saturated carbocycles. The predicted octanol–water partition coefficient (Wildman–Crippen LogP) is 1.85. The van der Waals surface area contributed by atoms with Crippen LogP contribution in [0.1, 0.15) is 30.5 Å². The second-order valence-corrected chi connectivity index (χ2v) is 5.68. The number of carbonyl (C=O) groups is 2. The number of imide groups is 1. The minimum absolute atomic E-state index is 0.237. The van der Waals surface area contributed by atoms with Crippen molar-refractivity contribution in [2.45, 2.75) is 6.54 Å². The van der Waals surface area contributed by atoms with Gasteiger partial charge in [-0.1, -0.05) is 24.0 Å². The molecule has 0 unspecified atom stereocenters. The highest BCUT2D eigenvalue weighted by Crippen LogP contribution is 2.26. The van der Waals surface area contributed by atoms with Gasteiger partial charge in [-0.2, -0.15) is 0 Å². The largest absolute Gasteiger partial charge is 0.320 e. The average molecular weight is 296 g/mol. The number of carbonyl (C=O) groups excluding carboxylic acids is 2. The van der Waals surface area contributed by atoms with Crippen molar-refractivity contribution in [3.8, 4) is 11.8 Å². The Morgan fingerprint density at radius 2 is 1.71 bits per heavy atom. The van der Waals surface area contributed by atoms with Crippen LogP contribution in [0, 0.1) is 11.8 Å². The lowest BCUT2D eigenvalue weighted by Gasteiger charge is -2.11. The molecule has 5 heteroatoms. The number of amides is 2. The van der Waals surface area contributed by atoms with Crippen LogP contribution in [0.15, 0.2) is 36.4 Å². The molecule has 0 fully saturated rings. The van der Waals surface area contributed by atoms with Gasteiger partial charge in [0.15, 0.2) is 0 Å². The Hall–Kier alpha value is -2.42. The van der Waals surface area contributed by atoms with E-state index < -0.39 is 0 Å². The summed E-state index contributed by atoms with van der Waals surface area (Å²) in [6.07, 6.45) is 0. The molecule has 3 rings (SSSR count). The molecule has 0 radical (unpaired) electrons. The highest BCUT2D eigenvalue weighted by atomic mass is 32.1. The molecule has 1 aliphatic rings. The van der Waals surface area contributed by atoms with Gasteiger partial charge in [-0.25, -0.2) is 0 Å². The lowest BCUT2D eigenvalue weighted by molar-refractivity contribution is 0.0644. The maximum Gasteiger partial charge on any atom is 0.261 e. The van der Waals surface area contributed by atoms with Crippen molar-refractivity contribution in [2.24, 2.45) is 5.73 Å². The van der Waals surface area contributed by atoms with E-state index >= 15 is 0 Å². The zero-order valence-corrected chi connectivity index (χ0v) is 11.9. The first-order chi connectivity index (χ1) is 10.2. The van der Waals surface area contributed by atoms with E-state index in [4.69, 9.17) is 5.73 Å². The van der Waals surface area contributed by atoms with Crippen LogP contribution >= 0.6 is 11.3 Å². The first-order valence-corrected chi connectivity index (χ1v) is 7.25. The molecule has 2 heterocycles. The molecule has 0 saturated heterocycles. The molecule has 0 bridgehead atoms. The summed E-state index contributed by atoms with van der Waals surface area (Å²) in [4.78, 5) is 27.6. The second-order valence-electron chi connectivity index (χ2n) is 4.51. The topological polar surface area (TPSA) is 63.4 Å². The Bertz CT molecular complexity index is 748. The molecular weight excluding hydrogens is 284 g/mol. The number of hydrogen-bond acceptors (Lipinski definition) is 4. The molecule has 104 valence electrons. The number of rotatable bonds is 2. The Kier molecular flexibility index (Phi) is 3.57. The van der Waals surface area contributed by atoms with Crippen LogP contribution in [0.2, 0.25) is 0 Å². The Morgan fingerprint density at radius 3 is 2.33 bits per heavy atom. The standard InChI is InChI=1S/C16H12N2O2S/c17-9-3-4-11-7-8-12(21-11)10-18-15(19)13-5-1-2-6-14(13)16(18)20/h1-2,5-8H,9-10,17H2. The Labute approximate surface area is 126 Å². The zero-order chi connectivity index (χ0) is 14.8. The van der Waals surface area contributed by atoms with E-state index in [1.807, 2.05) is 12.1 Å². The normalized spacial score (nSPS) is 13.1. The average Bonchev–Trinajstić information content (AvgIpc) is 3.05. The summed E-state index contributed by atoms with van der Waals surface area (Å²) in [7, 11) is 0. The van der Waals surface area contributed by atoms with E-state index in [0.717, 1.165) is 9.75 Å². The summed E-state index contributed by atoms with van der Waals surface area (Å²) < 4.78 is 0. The SMILES string of the molecule is NCC#Cc1ccc(CN2C(=O)c3ccccc3C2=O)s1. The monoisotopic (exact) mass is 296 g/mol. The fourth-order valence-corrected chi connectivity index (χ4v) is 3.08. The highest BCUT2D eigenvalue weighted by Gasteiger charge is 2.35. The maximum atomic E-state index is 12.3. The van der Waals surface area contributed by atoms with Crippen LogP contribution in [0.3, 0.4) is 0 Å². The van der Waals surface area contributed by atoms with Crippen LogP contribution < -0.4 is 5.73 Å². The van der Waals surface area contributed by atoms with E-state index in [9.17, 15) is 9.59 Å². The van der Waals surface area contributed by atoms with E-state index in [0.29, 0.717) is 17.7 Å². The van der Waals surface area contributed by atoms with Crippen molar-refractivity contribution < 1.29 is 9.59 Å². The summed E-state index contributed by atoms with van der Waals surface area (Å²) in [5, 5.41) is 0. The highest BCUT2D eigenvalue weighted by molar-refractivity contribution is 7.12. The van der Waals surface area contributed by atoms with Crippen molar-refractivity contribution in [2.75, 3.05) is 6.54 Å². The molecule has 0 atom stereocenters. The van der Waals surface area contributed by atoms with Crippen LogP contribution in [-0.4, -0.2) is 23.3 Å². The molecule has 2 N–H and O–H groups in total. The third kappa shape index (κ3) is 2.47. The van der Waals surface area contributed by atoms with Gasteiger partial charge in [-0.3, -0.25) is 14.5 Å². The summed E-state index contributed by atoms with van der Waals surface area (Å²) >= 11 is 1.47. The molecule has 1 aliphatic heterocycles. The van der Waals surface area contributed by atoms with E-state index in [1.165, 1.54) is 16.2 Å². The van der Waals surface area contributed by atoms with E-state index in [1.54, 1.807) is 24.3 Å². The van der Waals surface area contributed by atoms with Crippen molar-refractivity contribution in [3.05, 3.63) is 57.3 Å². The predicted molar refractivity (Wildman–Crippen MR) is 80.9 cm³/mol. The quantitative estimate of drug-likeness (QED) is 0.679. The summed E-state index contributed by atoms with van der Waals surface area (Å²) in [5.41, 5.74) is 6.28. The van der Waals surface area contributed by atoms with Crippen LogP contribution in [-0.2, 0) is 6.54 Å². The minimum atomic E-state index is -0.237. The van der Waals surface area contributed by atoms with Gasteiger partial charge in [0.2, 0.25) is 0 Å². The number of fused-ring (bicyclic) bond motifs is 1. The van der Waals surface area contributed by atoms with Crippen LogP contribution in [0.4, 0.5) is 0 Å². The second kappa shape index (κ2) is 5.52. The van der Waals surface area contributed by atoms with Gasteiger partial charge in [0.25, 0.3) is 11.8 Å². The van der Waals surface area contributed by atoms with Crippen LogP contribution in [0.5, 0.6) is 0 Å². The molecule has 21 heavy (non-hydrogen) atoms. The lowest BCUT2D eigenvalue weighted by Crippen LogP contribution is -2.28. The summed E-state index contributed by atoms with van der Waals surface area (Å²) in [6.45, 7) is 0.590. The van der Waals surface area contributed by atoms with Crippen molar-refractivity contribution in [3.63, 3.8) is 0 Å². The maximum absolute atomic E-state index is 12.3. The molecule has 1 aromatic carbocycles. The van der Waals surface area contributed by atoms with E-state index in [-0.39, 0.29) is 18.4 Å². The fraction of sp³-hybridized carbons (Fsp3) is 0.125. The van der Waals surface area contributed by atoms with Crippen molar-refractivity contribution in [1.82, 2.24) is 4.90 Å². The number of hydrogen-bond donors (Lipinski definition) is 1. The zero-order valence-electron chi connectivity index (χ0n) is 11.1. The molecule has 0 spiro atoms. The summed E-state index contributed by atoms with van der Waals surface area (Å²) in [5.74, 6) is 5.25. The molecule has 2 aromatic rings. The number of nitrogens with two attached hydrogens (primary N) is 1. The number of nitrogens with zero attached hydrogens (tertiary/aromatic N) is 1. The minimum Gasteiger partial charge on any atom is -0.320 e. The first kappa shape index (κ1) is 13.6. The van der Waals surface area contributed by atoms with Gasteiger partial charge in [0.05, 0.1) is 29.1 Å². The smallest absolute Gasteiger partial charge is 0.261 e. The third-order valence-corrected chi connectivity index (χ3v) is 4.15. The van der Waals surface area contributed by atoms with E-state index in [2.05, 4.69) is 11.8 Å². The van der Waals surface area contributed by atoms with Crippen molar-refractivity contribution >= 4 is 23.2 Å².